The summed E-state index contributed by atoms with van der Waals surface area (Å²) in [6.45, 7) is 4.03. The zero-order valence-electron chi connectivity index (χ0n) is 16.1. The van der Waals surface area contributed by atoms with Gasteiger partial charge in [0.15, 0.2) is 11.5 Å². The predicted molar refractivity (Wildman–Crippen MR) is 108 cm³/mol. The number of thioether (sulfide) groups is 1. The van der Waals surface area contributed by atoms with Crippen LogP contribution in [0.3, 0.4) is 0 Å². The average molecular weight is 399 g/mol. The third-order valence-electron chi connectivity index (χ3n) is 3.87. The van der Waals surface area contributed by atoms with Gasteiger partial charge in [0, 0.05) is 17.3 Å². The highest BCUT2D eigenvalue weighted by molar-refractivity contribution is 7.99. The minimum absolute atomic E-state index is 0.142. The first-order valence-electron chi connectivity index (χ1n) is 8.55. The molecule has 1 amide bonds. The van der Waals surface area contributed by atoms with Crippen molar-refractivity contribution in [2.24, 2.45) is 0 Å². The molecule has 0 saturated carbocycles. The van der Waals surface area contributed by atoms with E-state index in [-0.39, 0.29) is 11.7 Å². The lowest BCUT2D eigenvalue weighted by molar-refractivity contribution is -0.113. The Morgan fingerprint density at radius 1 is 1.04 bits per heavy atom. The number of amides is 1. The maximum atomic E-state index is 12.2. The summed E-state index contributed by atoms with van der Waals surface area (Å²) in [4.78, 5) is 12.2. The summed E-state index contributed by atoms with van der Waals surface area (Å²) in [7, 11) is 3.10. The Hall–Kier alpha value is -3.00. The van der Waals surface area contributed by atoms with E-state index in [1.807, 2.05) is 26.0 Å². The molecular formula is C20H21N3O4S. The summed E-state index contributed by atoms with van der Waals surface area (Å²) in [6, 6.07) is 11.2. The van der Waals surface area contributed by atoms with Crippen molar-refractivity contribution in [2.45, 2.75) is 19.1 Å². The number of carbonyl (C=O) groups excluding carboxylic acids is 1. The summed E-state index contributed by atoms with van der Waals surface area (Å²) < 4.78 is 16.1. The van der Waals surface area contributed by atoms with Crippen molar-refractivity contribution in [2.75, 3.05) is 25.3 Å². The number of methoxy groups -OCH3 is 2. The van der Waals surface area contributed by atoms with Gasteiger partial charge in [-0.2, -0.15) is 0 Å². The van der Waals surface area contributed by atoms with Gasteiger partial charge >= 0.3 is 0 Å². The second-order valence-corrected chi connectivity index (χ2v) is 7.08. The Morgan fingerprint density at radius 3 is 2.43 bits per heavy atom. The second kappa shape index (κ2) is 8.79. The molecule has 0 saturated heterocycles. The van der Waals surface area contributed by atoms with E-state index in [0.29, 0.717) is 28.3 Å². The van der Waals surface area contributed by atoms with Gasteiger partial charge in [-0.25, -0.2) is 0 Å². The SMILES string of the molecule is COc1ccc(NC(=O)CSc2nnc(-c3cc(C)cc(C)c3)o2)cc1OC. The Balaban J connectivity index is 1.60. The first-order chi connectivity index (χ1) is 13.5. The number of rotatable bonds is 7. The van der Waals surface area contributed by atoms with Gasteiger partial charge in [0.2, 0.25) is 11.8 Å². The zero-order valence-corrected chi connectivity index (χ0v) is 16.9. The van der Waals surface area contributed by atoms with E-state index >= 15 is 0 Å². The van der Waals surface area contributed by atoms with E-state index < -0.39 is 0 Å². The van der Waals surface area contributed by atoms with Crippen LogP contribution in [0, 0.1) is 13.8 Å². The molecule has 0 aliphatic carbocycles. The fraction of sp³-hybridized carbons (Fsp3) is 0.250. The monoisotopic (exact) mass is 399 g/mol. The molecule has 0 unspecified atom stereocenters. The van der Waals surface area contributed by atoms with Crippen LogP contribution in [0.25, 0.3) is 11.5 Å². The van der Waals surface area contributed by atoms with Crippen molar-refractivity contribution in [3.05, 3.63) is 47.5 Å². The Morgan fingerprint density at radius 2 is 1.75 bits per heavy atom. The van der Waals surface area contributed by atoms with E-state index in [0.717, 1.165) is 16.7 Å². The van der Waals surface area contributed by atoms with E-state index in [1.165, 1.54) is 11.8 Å². The van der Waals surface area contributed by atoms with E-state index in [4.69, 9.17) is 13.9 Å². The summed E-state index contributed by atoms with van der Waals surface area (Å²) in [5.41, 5.74) is 3.73. The van der Waals surface area contributed by atoms with Crippen LogP contribution >= 0.6 is 11.8 Å². The van der Waals surface area contributed by atoms with Crippen LogP contribution in [0.2, 0.25) is 0 Å². The largest absolute Gasteiger partial charge is 0.493 e. The Bertz CT molecular complexity index is 967. The number of ether oxygens (including phenoxy) is 2. The molecule has 0 aliphatic rings. The lowest BCUT2D eigenvalue weighted by atomic mass is 10.1. The van der Waals surface area contributed by atoms with Crippen LogP contribution in [0.15, 0.2) is 46.0 Å². The molecule has 2 aromatic carbocycles. The Kier molecular flexibility index (Phi) is 6.20. The van der Waals surface area contributed by atoms with E-state index in [1.54, 1.807) is 32.4 Å². The molecule has 0 spiro atoms. The van der Waals surface area contributed by atoms with Crippen LogP contribution in [0.5, 0.6) is 11.5 Å². The number of aromatic nitrogens is 2. The molecular weight excluding hydrogens is 378 g/mol. The number of nitrogens with one attached hydrogen (secondary N) is 1. The van der Waals surface area contributed by atoms with Gasteiger partial charge in [-0.1, -0.05) is 29.0 Å². The molecule has 1 N–H and O–H groups in total. The molecule has 3 aromatic rings. The lowest BCUT2D eigenvalue weighted by Crippen LogP contribution is -2.14. The first kappa shape index (κ1) is 19.8. The van der Waals surface area contributed by atoms with Gasteiger partial charge < -0.3 is 19.2 Å². The molecule has 8 heteroatoms. The molecule has 0 bridgehead atoms. The summed E-state index contributed by atoms with van der Waals surface area (Å²) >= 11 is 1.18. The summed E-state index contributed by atoms with van der Waals surface area (Å²) in [5.74, 6) is 1.53. The predicted octanol–water partition coefficient (Wildman–Crippen LogP) is 4.10. The molecule has 1 heterocycles. The van der Waals surface area contributed by atoms with Crippen molar-refractivity contribution >= 4 is 23.4 Å². The molecule has 0 radical (unpaired) electrons. The van der Waals surface area contributed by atoms with Crippen molar-refractivity contribution in [1.29, 1.82) is 0 Å². The van der Waals surface area contributed by atoms with Crippen LogP contribution in [0.1, 0.15) is 11.1 Å². The highest BCUT2D eigenvalue weighted by Crippen LogP contribution is 2.30. The number of anilines is 1. The number of carbonyl (C=O) groups is 1. The lowest BCUT2D eigenvalue weighted by Gasteiger charge is -2.10. The highest BCUT2D eigenvalue weighted by atomic mass is 32.2. The van der Waals surface area contributed by atoms with E-state index in [2.05, 4.69) is 21.6 Å². The van der Waals surface area contributed by atoms with Gasteiger partial charge in [-0.3, -0.25) is 4.79 Å². The number of hydrogen-bond acceptors (Lipinski definition) is 7. The van der Waals surface area contributed by atoms with E-state index in [9.17, 15) is 4.79 Å². The minimum Gasteiger partial charge on any atom is -0.493 e. The normalized spacial score (nSPS) is 10.6. The minimum atomic E-state index is -0.191. The van der Waals surface area contributed by atoms with Crippen molar-refractivity contribution in [3.8, 4) is 23.0 Å². The molecule has 7 nitrogen and oxygen atoms in total. The van der Waals surface area contributed by atoms with Gasteiger partial charge in [0.25, 0.3) is 5.22 Å². The Labute approximate surface area is 167 Å². The molecule has 28 heavy (non-hydrogen) atoms. The summed E-state index contributed by atoms with van der Waals surface area (Å²) in [5, 5.41) is 11.2. The number of benzene rings is 2. The van der Waals surface area contributed by atoms with Crippen molar-refractivity contribution in [1.82, 2.24) is 10.2 Å². The fourth-order valence-electron chi connectivity index (χ4n) is 2.72. The number of aryl methyl sites for hydroxylation is 2. The van der Waals surface area contributed by atoms with Crippen LogP contribution < -0.4 is 14.8 Å². The van der Waals surface area contributed by atoms with Crippen molar-refractivity contribution < 1.29 is 18.7 Å². The molecule has 3 rings (SSSR count). The van der Waals surface area contributed by atoms with Crippen LogP contribution in [0.4, 0.5) is 5.69 Å². The maximum Gasteiger partial charge on any atom is 0.277 e. The standard InChI is InChI=1S/C20H21N3O4S/c1-12-7-13(2)9-14(8-12)19-22-23-20(27-19)28-11-18(24)21-15-5-6-16(25-3)17(10-15)26-4/h5-10H,11H2,1-4H3,(H,21,24). The third kappa shape index (κ3) is 4.83. The van der Waals surface area contributed by atoms with Gasteiger partial charge in [-0.05, 0) is 38.1 Å². The topological polar surface area (TPSA) is 86.5 Å². The van der Waals surface area contributed by atoms with Crippen LogP contribution in [-0.2, 0) is 4.79 Å². The average Bonchev–Trinajstić information content (AvgIpc) is 3.14. The fourth-order valence-corrected chi connectivity index (χ4v) is 3.28. The number of hydrogen-bond donors (Lipinski definition) is 1. The number of nitrogens with zero attached hydrogens (tertiary/aromatic N) is 2. The molecule has 0 aliphatic heterocycles. The zero-order chi connectivity index (χ0) is 20.1. The second-order valence-electron chi connectivity index (χ2n) is 6.16. The molecule has 1 aromatic heterocycles. The van der Waals surface area contributed by atoms with Crippen LogP contribution in [-0.4, -0.2) is 36.1 Å². The molecule has 146 valence electrons. The maximum absolute atomic E-state index is 12.2. The third-order valence-corrected chi connectivity index (χ3v) is 4.69. The van der Waals surface area contributed by atoms with Gasteiger partial charge in [-0.15, -0.1) is 10.2 Å². The molecule has 0 fully saturated rings. The quantitative estimate of drug-likeness (QED) is 0.599. The first-order valence-corrected chi connectivity index (χ1v) is 9.54. The smallest absolute Gasteiger partial charge is 0.277 e. The van der Waals surface area contributed by atoms with Crippen molar-refractivity contribution in [3.63, 3.8) is 0 Å². The van der Waals surface area contributed by atoms with Gasteiger partial charge in [0.05, 0.1) is 20.0 Å². The summed E-state index contributed by atoms with van der Waals surface area (Å²) in [6.07, 6.45) is 0. The molecule has 0 atom stereocenters. The highest BCUT2D eigenvalue weighted by Gasteiger charge is 2.13. The van der Waals surface area contributed by atoms with Gasteiger partial charge in [0.1, 0.15) is 0 Å².